The van der Waals surface area contributed by atoms with Crippen LogP contribution in [0.2, 0.25) is 0 Å². The third kappa shape index (κ3) is 4.73. The molecule has 0 atom stereocenters. The van der Waals surface area contributed by atoms with Gasteiger partial charge in [0.15, 0.2) is 17.5 Å². The first-order valence-corrected chi connectivity index (χ1v) is 15.0. The molecular formula is C37H23BrN6. The zero-order valence-electron chi connectivity index (χ0n) is 23.3. The van der Waals surface area contributed by atoms with Crippen molar-refractivity contribution in [2.75, 3.05) is 0 Å². The third-order valence-electron chi connectivity index (χ3n) is 7.69. The summed E-state index contributed by atoms with van der Waals surface area (Å²) in [7, 11) is 0. The molecule has 7 heteroatoms. The number of halogens is 1. The van der Waals surface area contributed by atoms with E-state index in [0.29, 0.717) is 17.5 Å². The lowest BCUT2D eigenvalue weighted by Gasteiger charge is -2.12. The maximum Gasteiger partial charge on any atom is 0.165 e. The normalized spacial score (nSPS) is 11.3. The van der Waals surface area contributed by atoms with Crippen molar-refractivity contribution in [3.63, 3.8) is 0 Å². The number of para-hydroxylation sites is 2. The molecular weight excluding hydrogens is 608 g/mol. The Morgan fingerprint density at radius 3 is 1.70 bits per heavy atom. The number of hydrogen-bond acceptors (Lipinski definition) is 5. The van der Waals surface area contributed by atoms with Gasteiger partial charge in [-0.15, -0.1) is 0 Å². The Bertz CT molecular complexity index is 2230. The smallest absolute Gasteiger partial charge is 0.165 e. The summed E-state index contributed by atoms with van der Waals surface area (Å²) in [5.74, 6) is 1.73. The Balaban J connectivity index is 1.30. The average molecular weight is 632 g/mol. The summed E-state index contributed by atoms with van der Waals surface area (Å²) in [5.41, 5.74) is 8.08. The third-order valence-corrected chi connectivity index (χ3v) is 8.15. The quantitative estimate of drug-likeness (QED) is 0.190. The number of nitrogens with zero attached hydrogens (tertiary/aromatic N) is 6. The fourth-order valence-corrected chi connectivity index (χ4v) is 6.13. The van der Waals surface area contributed by atoms with Crippen LogP contribution in [0.1, 0.15) is 0 Å². The number of benzene rings is 4. The van der Waals surface area contributed by atoms with Gasteiger partial charge in [0.05, 0.1) is 11.0 Å². The summed E-state index contributed by atoms with van der Waals surface area (Å²) in [4.78, 5) is 23.3. The highest BCUT2D eigenvalue weighted by molar-refractivity contribution is 9.10. The van der Waals surface area contributed by atoms with Gasteiger partial charge in [0.25, 0.3) is 0 Å². The molecule has 4 aromatic carbocycles. The molecule has 0 amide bonds. The van der Waals surface area contributed by atoms with E-state index in [9.17, 15) is 0 Å². The average Bonchev–Trinajstić information content (AvgIpc) is 3.43. The second-order valence-corrected chi connectivity index (χ2v) is 11.3. The lowest BCUT2D eigenvalue weighted by atomic mass is 10.0. The second kappa shape index (κ2) is 10.9. The number of hydrogen-bond donors (Lipinski definition) is 0. The fourth-order valence-electron chi connectivity index (χ4n) is 5.65. The molecule has 4 aromatic heterocycles. The first-order chi connectivity index (χ1) is 21.7. The summed E-state index contributed by atoms with van der Waals surface area (Å²) in [5, 5.41) is 2.42. The summed E-state index contributed by atoms with van der Waals surface area (Å²) in [6.07, 6.45) is 7.12. The van der Waals surface area contributed by atoms with E-state index in [4.69, 9.17) is 15.0 Å². The van der Waals surface area contributed by atoms with Crippen molar-refractivity contribution in [3.8, 4) is 51.0 Å². The van der Waals surface area contributed by atoms with E-state index in [-0.39, 0.29) is 0 Å². The van der Waals surface area contributed by atoms with Crippen LogP contribution in [0.15, 0.2) is 145 Å². The largest absolute Gasteiger partial charge is 0.309 e. The zero-order valence-corrected chi connectivity index (χ0v) is 24.9. The Labute approximate surface area is 261 Å². The summed E-state index contributed by atoms with van der Waals surface area (Å²) >= 11 is 3.78. The molecule has 0 aliphatic rings. The Morgan fingerprint density at radius 2 is 1.05 bits per heavy atom. The molecule has 44 heavy (non-hydrogen) atoms. The van der Waals surface area contributed by atoms with E-state index >= 15 is 0 Å². The monoisotopic (exact) mass is 630 g/mol. The molecule has 0 fully saturated rings. The minimum atomic E-state index is 0.565. The van der Waals surface area contributed by atoms with E-state index in [1.807, 2.05) is 36.4 Å². The molecule has 0 bridgehead atoms. The van der Waals surface area contributed by atoms with Gasteiger partial charge in [-0.3, -0.25) is 9.97 Å². The molecule has 0 saturated heterocycles. The first kappa shape index (κ1) is 26.1. The Hall–Kier alpha value is -5.53. The molecule has 0 saturated carbocycles. The molecule has 4 heterocycles. The molecule has 0 radical (unpaired) electrons. The maximum atomic E-state index is 5.01. The van der Waals surface area contributed by atoms with E-state index in [0.717, 1.165) is 49.0 Å². The first-order valence-electron chi connectivity index (χ1n) is 14.2. The summed E-state index contributed by atoms with van der Waals surface area (Å²) in [6, 6.07) is 39.4. The van der Waals surface area contributed by atoms with Crippen LogP contribution < -0.4 is 0 Å². The molecule has 0 spiro atoms. The predicted molar refractivity (Wildman–Crippen MR) is 179 cm³/mol. The van der Waals surface area contributed by atoms with Crippen LogP contribution in [-0.2, 0) is 0 Å². The molecule has 0 aliphatic heterocycles. The standard InChI is InChI=1S/C37H23BrN6/c38-29-20-28(21-30(22-29)44-33-9-3-1-7-31(33)32-8-2-4-10-34(32)44)37-42-35(41-36(43-37)27-6-5-17-40-23-27)26-13-11-24(12-14-26)25-15-18-39-19-16-25/h1-23H. The highest BCUT2D eigenvalue weighted by Gasteiger charge is 2.16. The van der Waals surface area contributed by atoms with Crippen LogP contribution in [0.3, 0.4) is 0 Å². The van der Waals surface area contributed by atoms with Crippen LogP contribution >= 0.6 is 15.9 Å². The van der Waals surface area contributed by atoms with Crippen molar-refractivity contribution in [2.45, 2.75) is 0 Å². The molecule has 6 nitrogen and oxygen atoms in total. The molecule has 8 aromatic rings. The lowest BCUT2D eigenvalue weighted by Crippen LogP contribution is -2.01. The van der Waals surface area contributed by atoms with Crippen molar-refractivity contribution in [1.82, 2.24) is 29.5 Å². The van der Waals surface area contributed by atoms with Gasteiger partial charge in [0.2, 0.25) is 0 Å². The van der Waals surface area contributed by atoms with E-state index in [1.54, 1.807) is 24.8 Å². The highest BCUT2D eigenvalue weighted by atomic mass is 79.9. The number of fused-ring (bicyclic) bond motifs is 3. The number of aromatic nitrogens is 6. The highest BCUT2D eigenvalue weighted by Crippen LogP contribution is 2.35. The van der Waals surface area contributed by atoms with Crippen molar-refractivity contribution in [1.29, 1.82) is 0 Å². The zero-order chi connectivity index (χ0) is 29.5. The van der Waals surface area contributed by atoms with Gasteiger partial charge >= 0.3 is 0 Å². The number of pyridine rings is 2. The van der Waals surface area contributed by atoms with Gasteiger partial charge in [-0.2, -0.15) is 0 Å². The van der Waals surface area contributed by atoms with Gasteiger partial charge in [-0.1, -0.05) is 76.6 Å². The fraction of sp³-hybridized carbons (Fsp3) is 0. The summed E-state index contributed by atoms with van der Waals surface area (Å²) in [6.45, 7) is 0. The minimum Gasteiger partial charge on any atom is -0.309 e. The Kier molecular flexibility index (Phi) is 6.50. The van der Waals surface area contributed by atoms with E-state index < -0.39 is 0 Å². The van der Waals surface area contributed by atoms with Crippen molar-refractivity contribution in [3.05, 3.63) is 145 Å². The van der Waals surface area contributed by atoms with Gasteiger partial charge < -0.3 is 4.57 Å². The molecule has 0 aliphatic carbocycles. The van der Waals surface area contributed by atoms with E-state index in [1.165, 1.54) is 10.8 Å². The molecule has 0 N–H and O–H groups in total. The lowest BCUT2D eigenvalue weighted by molar-refractivity contribution is 1.07. The van der Waals surface area contributed by atoms with Crippen molar-refractivity contribution < 1.29 is 0 Å². The molecule has 0 unspecified atom stereocenters. The van der Waals surface area contributed by atoms with Crippen LogP contribution in [0.5, 0.6) is 0 Å². The topological polar surface area (TPSA) is 69.4 Å². The van der Waals surface area contributed by atoms with Crippen molar-refractivity contribution >= 4 is 37.7 Å². The molecule has 208 valence electrons. The van der Waals surface area contributed by atoms with Gasteiger partial charge in [-0.25, -0.2) is 15.0 Å². The summed E-state index contributed by atoms with van der Waals surface area (Å²) < 4.78 is 3.22. The predicted octanol–water partition coefficient (Wildman–Crippen LogP) is 9.19. The van der Waals surface area contributed by atoms with Crippen molar-refractivity contribution in [2.24, 2.45) is 0 Å². The minimum absolute atomic E-state index is 0.565. The Morgan fingerprint density at radius 1 is 0.455 bits per heavy atom. The SMILES string of the molecule is Brc1cc(-c2nc(-c3ccc(-c4ccncc4)cc3)nc(-c3cccnc3)n2)cc(-n2c3ccccc3c3ccccc32)c1. The maximum absolute atomic E-state index is 5.01. The van der Waals surface area contributed by atoms with Gasteiger partial charge in [0, 0.05) is 62.4 Å². The van der Waals surface area contributed by atoms with E-state index in [2.05, 4.69) is 109 Å². The van der Waals surface area contributed by atoms with Gasteiger partial charge in [-0.05, 0) is 65.7 Å². The number of rotatable bonds is 5. The van der Waals surface area contributed by atoms with Crippen LogP contribution in [0.4, 0.5) is 0 Å². The van der Waals surface area contributed by atoms with Crippen LogP contribution in [0.25, 0.3) is 72.8 Å². The van der Waals surface area contributed by atoms with Crippen LogP contribution in [0, 0.1) is 0 Å². The van der Waals surface area contributed by atoms with Crippen LogP contribution in [-0.4, -0.2) is 29.5 Å². The molecule has 8 rings (SSSR count). The van der Waals surface area contributed by atoms with Gasteiger partial charge in [0.1, 0.15) is 0 Å². The second-order valence-electron chi connectivity index (χ2n) is 10.4.